The first-order valence-electron chi connectivity index (χ1n) is 12.5. The number of rotatable bonds is 3. The van der Waals surface area contributed by atoms with Gasteiger partial charge in [-0.1, -0.05) is 41.0 Å². The maximum absolute atomic E-state index is 13.3. The van der Waals surface area contributed by atoms with Crippen LogP contribution in [0.15, 0.2) is 0 Å². The summed E-state index contributed by atoms with van der Waals surface area (Å²) in [5, 5.41) is 0. The largest absolute Gasteiger partial charge is 0.389 e. The molecule has 0 aromatic carbocycles. The van der Waals surface area contributed by atoms with Crippen LogP contribution in [0.25, 0.3) is 0 Å². The van der Waals surface area contributed by atoms with Crippen molar-refractivity contribution >= 4 is 0 Å². The fourth-order valence-corrected chi connectivity index (χ4v) is 9.64. The van der Waals surface area contributed by atoms with Crippen molar-refractivity contribution in [3.63, 3.8) is 0 Å². The van der Waals surface area contributed by atoms with E-state index in [2.05, 4.69) is 20.8 Å². The summed E-state index contributed by atoms with van der Waals surface area (Å²) in [6, 6.07) is 0. The molecule has 0 saturated heterocycles. The summed E-state index contributed by atoms with van der Waals surface area (Å²) in [5.41, 5.74) is -0.0376. The smallest absolute Gasteiger partial charge is 0.171 e. The Morgan fingerprint density at radius 2 is 1.48 bits per heavy atom. The Morgan fingerprint density at radius 3 is 2.14 bits per heavy atom. The van der Waals surface area contributed by atoms with Crippen LogP contribution >= 0.6 is 0 Å². The van der Waals surface area contributed by atoms with Crippen molar-refractivity contribution in [3.8, 4) is 0 Å². The molecule has 4 fully saturated rings. The average Bonchev–Trinajstić information content (AvgIpc) is 2.97. The lowest BCUT2D eigenvalue weighted by Crippen LogP contribution is -2.54. The van der Waals surface area contributed by atoms with Crippen molar-refractivity contribution in [2.24, 2.45) is 51.8 Å². The quantitative estimate of drug-likeness (QED) is 0.435. The van der Waals surface area contributed by atoms with Gasteiger partial charge in [-0.05, 0) is 110 Å². The van der Waals surface area contributed by atoms with E-state index in [0.717, 1.165) is 36.5 Å². The zero-order chi connectivity index (χ0) is 21.2. The summed E-state index contributed by atoms with van der Waals surface area (Å²) < 4.78 is 40.0. The molecule has 0 heterocycles. The maximum atomic E-state index is 13.3. The highest BCUT2D eigenvalue weighted by Crippen LogP contribution is 2.70. The summed E-state index contributed by atoms with van der Waals surface area (Å²) in [6.07, 6.45) is 8.18. The van der Waals surface area contributed by atoms with Crippen LogP contribution in [0.3, 0.4) is 0 Å². The molecule has 0 amide bonds. The minimum atomic E-state index is -4.06. The highest BCUT2D eigenvalue weighted by molar-refractivity contribution is 5.11. The molecule has 0 spiro atoms. The summed E-state index contributed by atoms with van der Waals surface area (Å²) in [5.74, 6) is 4.27. The summed E-state index contributed by atoms with van der Waals surface area (Å²) in [7, 11) is 0. The minimum Gasteiger partial charge on any atom is -0.171 e. The molecule has 0 radical (unpaired) electrons. The van der Waals surface area contributed by atoms with Gasteiger partial charge in [0.25, 0.3) is 0 Å². The first kappa shape index (κ1) is 22.0. The molecule has 29 heavy (non-hydrogen) atoms. The van der Waals surface area contributed by atoms with E-state index in [4.69, 9.17) is 0 Å². The molecular formula is C26H43F3. The maximum Gasteiger partial charge on any atom is 0.389 e. The van der Waals surface area contributed by atoms with Crippen LogP contribution < -0.4 is 0 Å². The molecule has 3 heteroatoms. The third-order valence-electron chi connectivity index (χ3n) is 11.0. The molecule has 8 atom stereocenters. The Hall–Kier alpha value is -0.210. The third kappa shape index (κ3) is 3.59. The Balaban J connectivity index is 1.55. The van der Waals surface area contributed by atoms with Crippen LogP contribution in [0.5, 0.6) is 0 Å². The van der Waals surface area contributed by atoms with Gasteiger partial charge in [-0.3, -0.25) is 0 Å². The second kappa shape index (κ2) is 7.16. The van der Waals surface area contributed by atoms with Crippen molar-refractivity contribution in [2.45, 2.75) is 111 Å². The monoisotopic (exact) mass is 412 g/mol. The molecule has 0 aliphatic heterocycles. The number of halogens is 3. The van der Waals surface area contributed by atoms with Crippen molar-refractivity contribution in [3.05, 3.63) is 0 Å². The Kier molecular flexibility index (Phi) is 5.43. The Morgan fingerprint density at radius 1 is 0.828 bits per heavy atom. The lowest BCUT2D eigenvalue weighted by molar-refractivity contribution is -0.173. The molecule has 4 aliphatic rings. The zero-order valence-corrected chi connectivity index (χ0v) is 19.4. The SMILES string of the molecule is CCC1CCC2(C)C(CCC3C2CCC2(C)C3CCC2C(C)(C)CC(F)(F)F)C1. The van der Waals surface area contributed by atoms with Crippen LogP contribution in [0, 0.1) is 51.8 Å². The predicted octanol–water partition coefficient (Wildman–Crippen LogP) is 8.65. The molecule has 168 valence electrons. The normalized spacial score (nSPS) is 48.0. The van der Waals surface area contributed by atoms with E-state index in [0.29, 0.717) is 11.3 Å². The summed E-state index contributed by atoms with van der Waals surface area (Å²) in [6.45, 7) is 11.1. The lowest BCUT2D eigenvalue weighted by Gasteiger charge is -2.62. The molecule has 0 nitrogen and oxygen atoms in total. The Labute approximate surface area is 176 Å². The topological polar surface area (TPSA) is 0 Å². The predicted molar refractivity (Wildman–Crippen MR) is 113 cm³/mol. The van der Waals surface area contributed by atoms with Gasteiger partial charge in [0.2, 0.25) is 0 Å². The third-order valence-corrected chi connectivity index (χ3v) is 11.0. The summed E-state index contributed by atoms with van der Waals surface area (Å²) >= 11 is 0. The molecule has 4 saturated carbocycles. The molecule has 4 rings (SSSR count). The zero-order valence-electron chi connectivity index (χ0n) is 19.4. The average molecular weight is 413 g/mol. The van der Waals surface area contributed by atoms with Gasteiger partial charge in [0.05, 0.1) is 0 Å². The van der Waals surface area contributed by atoms with E-state index in [1.807, 2.05) is 13.8 Å². The number of fused-ring (bicyclic) bond motifs is 5. The van der Waals surface area contributed by atoms with E-state index in [1.54, 1.807) is 0 Å². The van der Waals surface area contributed by atoms with Crippen LogP contribution in [0.1, 0.15) is 105 Å². The van der Waals surface area contributed by atoms with Gasteiger partial charge < -0.3 is 0 Å². The van der Waals surface area contributed by atoms with Gasteiger partial charge in [0.15, 0.2) is 0 Å². The number of hydrogen-bond acceptors (Lipinski definition) is 0. The molecular weight excluding hydrogens is 369 g/mol. The molecule has 0 aromatic rings. The standard InChI is InChI=1S/C26H43F3/c1-6-17-11-13-24(4)18(15-17)7-8-19-20-9-10-22(23(2,3)16-26(27,28)29)25(20,5)14-12-21(19)24/h17-22H,6-16H2,1-5H3. The van der Waals surface area contributed by atoms with Crippen LogP contribution in [-0.4, -0.2) is 6.18 Å². The first-order valence-corrected chi connectivity index (χ1v) is 12.5. The van der Waals surface area contributed by atoms with E-state index in [-0.39, 0.29) is 11.3 Å². The Bertz CT molecular complexity index is 608. The van der Waals surface area contributed by atoms with Gasteiger partial charge in [0.1, 0.15) is 0 Å². The van der Waals surface area contributed by atoms with Crippen molar-refractivity contribution in [2.75, 3.05) is 0 Å². The second-order valence-electron chi connectivity index (χ2n) is 12.7. The van der Waals surface area contributed by atoms with E-state index in [9.17, 15) is 13.2 Å². The second-order valence-corrected chi connectivity index (χ2v) is 12.7. The molecule has 4 aliphatic carbocycles. The van der Waals surface area contributed by atoms with Gasteiger partial charge in [-0.15, -0.1) is 0 Å². The molecule has 0 aromatic heterocycles. The van der Waals surface area contributed by atoms with Crippen LogP contribution in [-0.2, 0) is 0 Å². The van der Waals surface area contributed by atoms with Gasteiger partial charge in [-0.2, -0.15) is 13.2 Å². The summed E-state index contributed by atoms with van der Waals surface area (Å²) in [4.78, 5) is 0. The number of alkyl halides is 3. The molecule has 0 N–H and O–H groups in total. The van der Waals surface area contributed by atoms with E-state index in [1.165, 1.54) is 51.4 Å². The molecule has 0 bridgehead atoms. The minimum absolute atomic E-state index is 0.111. The van der Waals surface area contributed by atoms with Gasteiger partial charge in [-0.25, -0.2) is 0 Å². The van der Waals surface area contributed by atoms with Crippen molar-refractivity contribution < 1.29 is 13.2 Å². The highest BCUT2D eigenvalue weighted by atomic mass is 19.4. The van der Waals surface area contributed by atoms with Gasteiger partial charge in [0, 0.05) is 6.42 Å². The fourth-order valence-electron chi connectivity index (χ4n) is 9.64. The number of hydrogen-bond donors (Lipinski definition) is 0. The van der Waals surface area contributed by atoms with Gasteiger partial charge >= 0.3 is 6.18 Å². The van der Waals surface area contributed by atoms with Crippen LogP contribution in [0.2, 0.25) is 0 Å². The highest BCUT2D eigenvalue weighted by Gasteiger charge is 2.62. The van der Waals surface area contributed by atoms with Crippen molar-refractivity contribution in [1.29, 1.82) is 0 Å². The van der Waals surface area contributed by atoms with Crippen LogP contribution in [0.4, 0.5) is 13.2 Å². The van der Waals surface area contributed by atoms with Crippen molar-refractivity contribution in [1.82, 2.24) is 0 Å². The first-order chi connectivity index (χ1) is 13.4. The van der Waals surface area contributed by atoms with E-state index < -0.39 is 18.0 Å². The fraction of sp³-hybridized carbons (Fsp3) is 1.00. The van der Waals surface area contributed by atoms with E-state index >= 15 is 0 Å². The molecule has 8 unspecified atom stereocenters. The lowest BCUT2D eigenvalue weighted by atomic mass is 9.43.